The third kappa shape index (κ3) is 4.51. The molecule has 1 saturated carbocycles. The van der Waals surface area contributed by atoms with E-state index in [0.717, 1.165) is 36.9 Å². The van der Waals surface area contributed by atoms with Crippen LogP contribution in [0.1, 0.15) is 43.7 Å². The topological polar surface area (TPSA) is 78.5 Å². The third-order valence-electron chi connectivity index (χ3n) is 6.35. The third-order valence-corrected chi connectivity index (χ3v) is 6.35. The number of aromatic nitrogens is 2. The van der Waals surface area contributed by atoms with E-state index in [-0.39, 0.29) is 13.0 Å². The average Bonchev–Trinajstić information content (AvgIpc) is 3.65. The molecule has 1 aliphatic rings. The number of furan rings is 1. The molecule has 7 nitrogen and oxygen atoms in total. The van der Waals surface area contributed by atoms with Gasteiger partial charge in [0.25, 0.3) is 5.91 Å². The molecule has 1 fully saturated rings. The maximum Gasteiger partial charge on any atom is 0.291 e. The van der Waals surface area contributed by atoms with Crippen molar-refractivity contribution in [3.8, 4) is 34.2 Å². The summed E-state index contributed by atoms with van der Waals surface area (Å²) in [6, 6.07) is 15.1. The first-order valence-electron chi connectivity index (χ1n) is 11.5. The molecule has 1 aliphatic carbocycles. The molecule has 35 heavy (non-hydrogen) atoms. The highest BCUT2D eigenvalue weighted by Crippen LogP contribution is 2.39. The van der Waals surface area contributed by atoms with Crippen LogP contribution < -0.4 is 14.8 Å². The van der Waals surface area contributed by atoms with E-state index in [0.29, 0.717) is 34.7 Å². The van der Waals surface area contributed by atoms with Crippen LogP contribution in [0.4, 0.5) is 10.1 Å². The molecule has 2 aromatic heterocycles. The fraction of sp³-hybridized carbons (Fsp3) is 0.259. The Bertz CT molecular complexity index is 1340. The molecule has 1 amide bonds. The predicted molar refractivity (Wildman–Crippen MR) is 132 cm³/mol. The minimum Gasteiger partial charge on any atom is -0.497 e. The first-order valence-corrected chi connectivity index (χ1v) is 11.5. The monoisotopic (exact) mass is 477 g/mol. The number of amides is 1. The Morgan fingerprint density at radius 2 is 1.86 bits per heavy atom. The lowest BCUT2D eigenvalue weighted by Crippen LogP contribution is -2.11. The van der Waals surface area contributed by atoms with Gasteiger partial charge in [-0.25, -0.2) is 9.37 Å². The Morgan fingerprint density at radius 1 is 1.09 bits per heavy atom. The number of ether oxygens (including phenoxy) is 2. The molecule has 4 aromatic rings. The smallest absolute Gasteiger partial charge is 0.291 e. The van der Waals surface area contributed by atoms with Crippen molar-refractivity contribution in [2.45, 2.75) is 31.7 Å². The number of halogens is 1. The quantitative estimate of drug-likeness (QED) is 0.325. The summed E-state index contributed by atoms with van der Waals surface area (Å²) >= 11 is 0. The molecule has 8 heteroatoms. The van der Waals surface area contributed by atoms with E-state index in [4.69, 9.17) is 13.9 Å². The number of imidazole rings is 1. The zero-order chi connectivity index (χ0) is 24.4. The predicted octanol–water partition coefficient (Wildman–Crippen LogP) is 6.58. The molecule has 0 atom stereocenters. The molecule has 0 spiro atoms. The fourth-order valence-corrected chi connectivity index (χ4v) is 4.56. The average molecular weight is 478 g/mol. The normalized spacial score (nSPS) is 13.7. The van der Waals surface area contributed by atoms with Crippen molar-refractivity contribution in [2.75, 3.05) is 19.5 Å². The number of nitrogens with one attached hydrogen (secondary N) is 1. The van der Waals surface area contributed by atoms with E-state index in [1.807, 2.05) is 6.33 Å². The van der Waals surface area contributed by atoms with Gasteiger partial charge in [-0.1, -0.05) is 12.8 Å². The van der Waals surface area contributed by atoms with Crippen molar-refractivity contribution < 1.29 is 24.5 Å². The van der Waals surface area contributed by atoms with Crippen molar-refractivity contribution >= 4 is 11.6 Å². The van der Waals surface area contributed by atoms with Gasteiger partial charge in [-0.2, -0.15) is 0 Å². The van der Waals surface area contributed by atoms with Crippen LogP contribution in [0.15, 0.2) is 65.3 Å². The maximum atomic E-state index is 13.5. The summed E-state index contributed by atoms with van der Waals surface area (Å²) in [4.78, 5) is 17.6. The van der Waals surface area contributed by atoms with Crippen LogP contribution in [0.25, 0.3) is 22.7 Å². The minimum absolute atomic E-state index is 0. The van der Waals surface area contributed by atoms with Crippen LogP contribution in [0.3, 0.4) is 0 Å². The number of methoxy groups -OCH3 is 2. The summed E-state index contributed by atoms with van der Waals surface area (Å²) in [5, 5.41) is 2.83. The summed E-state index contributed by atoms with van der Waals surface area (Å²) in [7, 11) is 3.09. The molecule has 2 aromatic carbocycles. The molecule has 0 aliphatic heterocycles. The molecule has 1 N–H and O–H groups in total. The van der Waals surface area contributed by atoms with Gasteiger partial charge >= 0.3 is 0 Å². The molecule has 0 unspecified atom stereocenters. The standard InChI is InChI=1S/C27H26FN3O4.H2/c1-33-20-11-12-21(24(15-20)34-2)30-27(32)23-14-13-22(35-23)26-25(17-7-9-18(28)10-8-17)29-16-31(26)19-5-3-4-6-19;/h7-16,19H,3-6H2,1-2H3,(H,30,32);1H. The molecule has 0 bridgehead atoms. The summed E-state index contributed by atoms with van der Waals surface area (Å²) in [6.07, 6.45) is 6.23. The molecule has 0 radical (unpaired) electrons. The lowest BCUT2D eigenvalue weighted by atomic mass is 10.1. The van der Waals surface area contributed by atoms with Crippen LogP contribution in [0.5, 0.6) is 11.5 Å². The maximum absolute atomic E-state index is 13.5. The van der Waals surface area contributed by atoms with Gasteiger partial charge in [-0.3, -0.25) is 4.79 Å². The highest BCUT2D eigenvalue weighted by molar-refractivity contribution is 6.03. The van der Waals surface area contributed by atoms with E-state index in [1.54, 1.807) is 49.6 Å². The van der Waals surface area contributed by atoms with Crippen molar-refractivity contribution in [1.29, 1.82) is 0 Å². The number of carbonyl (C=O) groups is 1. The Hall–Kier alpha value is -4.07. The van der Waals surface area contributed by atoms with Crippen molar-refractivity contribution in [1.82, 2.24) is 9.55 Å². The molecule has 2 heterocycles. The largest absolute Gasteiger partial charge is 0.497 e. The number of hydrogen-bond acceptors (Lipinski definition) is 5. The molecule has 5 rings (SSSR count). The number of anilines is 1. The van der Waals surface area contributed by atoms with Gasteiger partial charge < -0.3 is 23.8 Å². The Labute approximate surface area is 204 Å². The van der Waals surface area contributed by atoms with Gasteiger partial charge in [-0.05, 0) is 61.4 Å². The highest BCUT2D eigenvalue weighted by atomic mass is 19.1. The first kappa shape index (κ1) is 22.7. The van der Waals surface area contributed by atoms with E-state index < -0.39 is 5.91 Å². The van der Waals surface area contributed by atoms with E-state index in [2.05, 4.69) is 14.9 Å². The number of carbonyl (C=O) groups excluding carboxylic acids is 1. The lowest BCUT2D eigenvalue weighted by Gasteiger charge is -2.15. The van der Waals surface area contributed by atoms with E-state index in [9.17, 15) is 9.18 Å². The van der Waals surface area contributed by atoms with Gasteiger partial charge in [0.1, 0.15) is 23.0 Å². The van der Waals surface area contributed by atoms with Crippen molar-refractivity contribution in [3.63, 3.8) is 0 Å². The van der Waals surface area contributed by atoms with Crippen LogP contribution in [-0.4, -0.2) is 29.7 Å². The fourth-order valence-electron chi connectivity index (χ4n) is 4.56. The second-order valence-corrected chi connectivity index (χ2v) is 8.48. The van der Waals surface area contributed by atoms with Crippen molar-refractivity contribution in [3.05, 3.63) is 72.5 Å². The number of rotatable bonds is 7. The Balaban J connectivity index is 0.00000304. The molecule has 0 saturated heterocycles. The lowest BCUT2D eigenvalue weighted by molar-refractivity contribution is 0.0997. The summed E-state index contributed by atoms with van der Waals surface area (Å²) in [5.74, 6) is 1.06. The van der Waals surface area contributed by atoms with Crippen LogP contribution >= 0.6 is 0 Å². The van der Waals surface area contributed by atoms with Gasteiger partial charge in [-0.15, -0.1) is 0 Å². The van der Waals surface area contributed by atoms with E-state index in [1.165, 1.54) is 19.2 Å². The zero-order valence-electron chi connectivity index (χ0n) is 19.6. The highest BCUT2D eigenvalue weighted by Gasteiger charge is 2.26. The summed E-state index contributed by atoms with van der Waals surface area (Å²) < 4.78 is 32.3. The van der Waals surface area contributed by atoms with Gasteiger partial charge in [0.2, 0.25) is 0 Å². The number of benzene rings is 2. The molecular formula is C27H28FN3O4. The summed E-state index contributed by atoms with van der Waals surface area (Å²) in [6.45, 7) is 0. The molecular weight excluding hydrogens is 449 g/mol. The zero-order valence-corrected chi connectivity index (χ0v) is 19.6. The Morgan fingerprint density at radius 3 is 2.57 bits per heavy atom. The number of nitrogens with zero attached hydrogens (tertiary/aromatic N) is 2. The second-order valence-electron chi connectivity index (χ2n) is 8.48. The van der Waals surface area contributed by atoms with Crippen LogP contribution in [0.2, 0.25) is 0 Å². The summed E-state index contributed by atoms with van der Waals surface area (Å²) in [5.41, 5.74) is 2.75. The van der Waals surface area contributed by atoms with E-state index >= 15 is 0 Å². The second kappa shape index (κ2) is 9.66. The van der Waals surface area contributed by atoms with Crippen LogP contribution in [-0.2, 0) is 0 Å². The first-order chi connectivity index (χ1) is 17.1. The SMILES string of the molecule is COc1ccc(NC(=O)c2ccc(-c3c(-c4ccc(F)cc4)ncn3C3CCCC3)o2)c(OC)c1.[HH]. The van der Waals surface area contributed by atoms with Gasteiger partial charge in [0.05, 0.1) is 31.9 Å². The van der Waals surface area contributed by atoms with Gasteiger partial charge in [0, 0.05) is 19.1 Å². The molecule has 182 valence electrons. The Kier molecular flexibility index (Phi) is 6.27. The van der Waals surface area contributed by atoms with Crippen LogP contribution in [0, 0.1) is 5.82 Å². The minimum atomic E-state index is -0.407. The van der Waals surface area contributed by atoms with Crippen molar-refractivity contribution in [2.24, 2.45) is 0 Å². The number of hydrogen-bond donors (Lipinski definition) is 1. The van der Waals surface area contributed by atoms with Gasteiger partial charge in [0.15, 0.2) is 11.5 Å².